The molecule has 0 aliphatic heterocycles. The number of ether oxygens (including phenoxy) is 1. The molecule has 2 aromatic rings. The van der Waals surface area contributed by atoms with Crippen molar-refractivity contribution in [2.45, 2.75) is 39.4 Å². The molecule has 0 fully saturated rings. The first-order chi connectivity index (χ1) is 13.4. The second-order valence-corrected chi connectivity index (χ2v) is 7.74. The van der Waals surface area contributed by atoms with Crippen LogP contribution in [0.2, 0.25) is 0 Å². The van der Waals surface area contributed by atoms with Crippen LogP contribution in [0.25, 0.3) is 0 Å². The first-order valence-electron chi connectivity index (χ1n) is 9.48. The van der Waals surface area contributed by atoms with Crippen molar-refractivity contribution in [1.82, 2.24) is 0 Å². The molecular formula is C22H28N2O3S. The van der Waals surface area contributed by atoms with Gasteiger partial charge in [-0.15, -0.1) is 11.8 Å². The van der Waals surface area contributed by atoms with Crippen LogP contribution in [-0.4, -0.2) is 29.4 Å². The van der Waals surface area contributed by atoms with Gasteiger partial charge in [0.15, 0.2) is 0 Å². The molecular weight excluding hydrogens is 372 g/mol. The average Bonchev–Trinajstić information content (AvgIpc) is 2.69. The van der Waals surface area contributed by atoms with Crippen molar-refractivity contribution in [3.63, 3.8) is 0 Å². The summed E-state index contributed by atoms with van der Waals surface area (Å²) < 4.78 is 5.38. The second-order valence-electron chi connectivity index (χ2n) is 6.41. The number of aryl methyl sites for hydroxylation is 2. The minimum atomic E-state index is -0.338. The fraction of sp³-hybridized carbons (Fsp3) is 0.364. The van der Waals surface area contributed by atoms with Gasteiger partial charge in [0.2, 0.25) is 11.8 Å². The molecule has 5 nitrogen and oxygen atoms in total. The fourth-order valence-electron chi connectivity index (χ4n) is 2.70. The number of rotatable bonds is 9. The van der Waals surface area contributed by atoms with E-state index in [0.717, 1.165) is 29.0 Å². The monoisotopic (exact) mass is 400 g/mol. The van der Waals surface area contributed by atoms with E-state index in [4.69, 9.17) is 4.74 Å². The molecule has 1 unspecified atom stereocenters. The topological polar surface area (TPSA) is 67.4 Å². The number of hydrogen-bond donors (Lipinski definition) is 2. The fourth-order valence-corrected chi connectivity index (χ4v) is 3.39. The van der Waals surface area contributed by atoms with Gasteiger partial charge in [0.05, 0.1) is 17.6 Å². The summed E-state index contributed by atoms with van der Waals surface area (Å²) in [5.41, 5.74) is 3.73. The van der Waals surface area contributed by atoms with E-state index in [0.29, 0.717) is 12.3 Å². The molecule has 6 heteroatoms. The Labute approximate surface area is 171 Å². The third-order valence-corrected chi connectivity index (χ3v) is 5.41. The van der Waals surface area contributed by atoms with Crippen LogP contribution in [-0.2, 0) is 16.0 Å². The van der Waals surface area contributed by atoms with Crippen molar-refractivity contribution < 1.29 is 14.3 Å². The van der Waals surface area contributed by atoms with Crippen LogP contribution in [0.15, 0.2) is 42.5 Å². The lowest BCUT2D eigenvalue weighted by Gasteiger charge is -2.16. The molecule has 2 aromatic carbocycles. The largest absolute Gasteiger partial charge is 0.494 e. The predicted molar refractivity (Wildman–Crippen MR) is 117 cm³/mol. The summed E-state index contributed by atoms with van der Waals surface area (Å²) in [6.07, 6.45) is 0.851. The lowest BCUT2D eigenvalue weighted by molar-refractivity contribution is -0.115. The van der Waals surface area contributed by atoms with E-state index < -0.39 is 0 Å². The number of benzene rings is 2. The van der Waals surface area contributed by atoms with Crippen molar-refractivity contribution in [2.75, 3.05) is 23.0 Å². The highest BCUT2D eigenvalue weighted by atomic mass is 32.2. The molecule has 0 saturated carbocycles. The predicted octanol–water partition coefficient (Wildman–Crippen LogP) is 4.66. The number of anilines is 2. The summed E-state index contributed by atoms with van der Waals surface area (Å²) in [5.74, 6) is 0.737. The summed E-state index contributed by atoms with van der Waals surface area (Å²) in [7, 11) is 0. The lowest BCUT2D eigenvalue weighted by Crippen LogP contribution is -2.25. The summed E-state index contributed by atoms with van der Waals surface area (Å²) in [4.78, 5) is 24.7. The standard InChI is InChI=1S/C22H28N2O3S/c1-5-17-9-7-8-15(3)21(17)24-22(26)16(4)28-14-20(25)23-18-10-12-19(13-11-18)27-6-2/h7-13,16H,5-6,14H2,1-4H3,(H,23,25)(H,24,26). The lowest BCUT2D eigenvalue weighted by atomic mass is 10.1. The average molecular weight is 401 g/mol. The molecule has 2 amide bonds. The van der Waals surface area contributed by atoms with Gasteiger partial charge in [-0.3, -0.25) is 9.59 Å². The maximum Gasteiger partial charge on any atom is 0.237 e. The van der Waals surface area contributed by atoms with Gasteiger partial charge in [-0.2, -0.15) is 0 Å². The number of carbonyl (C=O) groups excluding carboxylic acids is 2. The molecule has 0 saturated heterocycles. The molecule has 0 bridgehead atoms. The quantitative estimate of drug-likeness (QED) is 0.643. The summed E-state index contributed by atoms with van der Waals surface area (Å²) in [6, 6.07) is 13.2. The number of para-hydroxylation sites is 1. The summed E-state index contributed by atoms with van der Waals surface area (Å²) in [6.45, 7) is 8.38. The number of carbonyl (C=O) groups is 2. The van der Waals surface area contributed by atoms with Crippen molar-refractivity contribution in [3.8, 4) is 5.75 Å². The van der Waals surface area contributed by atoms with Crippen LogP contribution in [0.3, 0.4) is 0 Å². The number of hydrogen-bond acceptors (Lipinski definition) is 4. The van der Waals surface area contributed by atoms with Crippen LogP contribution in [0.5, 0.6) is 5.75 Å². The molecule has 0 heterocycles. The molecule has 0 aromatic heterocycles. The molecule has 1 atom stereocenters. The van der Waals surface area contributed by atoms with Crippen molar-refractivity contribution in [3.05, 3.63) is 53.6 Å². The van der Waals surface area contributed by atoms with Gasteiger partial charge >= 0.3 is 0 Å². The molecule has 28 heavy (non-hydrogen) atoms. The van der Waals surface area contributed by atoms with E-state index >= 15 is 0 Å². The third kappa shape index (κ3) is 6.30. The van der Waals surface area contributed by atoms with Crippen LogP contribution >= 0.6 is 11.8 Å². The third-order valence-electron chi connectivity index (χ3n) is 4.27. The Morgan fingerprint density at radius 2 is 1.79 bits per heavy atom. The first kappa shape index (κ1) is 21.8. The van der Waals surface area contributed by atoms with E-state index in [-0.39, 0.29) is 22.8 Å². The molecule has 150 valence electrons. The maximum absolute atomic E-state index is 12.5. The van der Waals surface area contributed by atoms with E-state index in [1.54, 1.807) is 12.1 Å². The summed E-state index contributed by atoms with van der Waals surface area (Å²) in [5, 5.41) is 5.51. The van der Waals surface area contributed by atoms with Gasteiger partial charge in [-0.1, -0.05) is 25.1 Å². The Bertz CT molecular complexity index is 806. The molecule has 0 aliphatic rings. The Morgan fingerprint density at radius 3 is 2.43 bits per heavy atom. The zero-order valence-corrected chi connectivity index (χ0v) is 17.7. The second kappa shape index (κ2) is 10.8. The van der Waals surface area contributed by atoms with Crippen molar-refractivity contribution >= 4 is 35.0 Å². The zero-order chi connectivity index (χ0) is 20.5. The van der Waals surface area contributed by atoms with Gasteiger partial charge in [0.25, 0.3) is 0 Å². The maximum atomic E-state index is 12.5. The smallest absolute Gasteiger partial charge is 0.237 e. The van der Waals surface area contributed by atoms with Gasteiger partial charge in [0.1, 0.15) is 5.75 Å². The van der Waals surface area contributed by atoms with E-state index in [1.807, 2.05) is 51.1 Å². The van der Waals surface area contributed by atoms with E-state index in [9.17, 15) is 9.59 Å². The summed E-state index contributed by atoms with van der Waals surface area (Å²) >= 11 is 1.31. The first-order valence-corrected chi connectivity index (χ1v) is 10.5. The highest BCUT2D eigenvalue weighted by molar-refractivity contribution is 8.01. The van der Waals surface area contributed by atoms with Crippen molar-refractivity contribution in [1.29, 1.82) is 0 Å². The Morgan fingerprint density at radius 1 is 1.07 bits per heavy atom. The number of nitrogens with one attached hydrogen (secondary N) is 2. The number of thioether (sulfide) groups is 1. The highest BCUT2D eigenvalue weighted by Gasteiger charge is 2.17. The normalized spacial score (nSPS) is 11.6. The van der Waals surface area contributed by atoms with E-state index in [1.165, 1.54) is 11.8 Å². The zero-order valence-electron chi connectivity index (χ0n) is 16.9. The van der Waals surface area contributed by atoms with Crippen LogP contribution in [0, 0.1) is 6.92 Å². The SMILES string of the molecule is CCOc1ccc(NC(=O)CSC(C)C(=O)Nc2c(C)cccc2CC)cc1. The molecule has 0 radical (unpaired) electrons. The molecule has 2 N–H and O–H groups in total. The van der Waals surface area contributed by atoms with Gasteiger partial charge in [0, 0.05) is 11.4 Å². The molecule has 2 rings (SSSR count). The number of amides is 2. The minimum absolute atomic E-state index is 0.0946. The van der Waals surface area contributed by atoms with Crippen LogP contribution in [0.4, 0.5) is 11.4 Å². The van der Waals surface area contributed by atoms with Crippen LogP contribution in [0.1, 0.15) is 31.9 Å². The molecule has 0 spiro atoms. The Hall–Kier alpha value is -2.47. The van der Waals surface area contributed by atoms with E-state index in [2.05, 4.69) is 17.6 Å². The van der Waals surface area contributed by atoms with Crippen LogP contribution < -0.4 is 15.4 Å². The van der Waals surface area contributed by atoms with Gasteiger partial charge < -0.3 is 15.4 Å². The Kier molecular flexibility index (Phi) is 8.39. The molecule has 0 aliphatic carbocycles. The highest BCUT2D eigenvalue weighted by Crippen LogP contribution is 2.23. The van der Waals surface area contributed by atoms with Gasteiger partial charge in [-0.05, 0) is 62.6 Å². The van der Waals surface area contributed by atoms with Gasteiger partial charge in [-0.25, -0.2) is 0 Å². The minimum Gasteiger partial charge on any atom is -0.494 e. The Balaban J connectivity index is 1.85. The van der Waals surface area contributed by atoms with Crippen molar-refractivity contribution in [2.24, 2.45) is 0 Å².